The van der Waals surface area contributed by atoms with Gasteiger partial charge < -0.3 is 14.8 Å². The quantitative estimate of drug-likeness (QED) is 0.422. The number of nitrogens with zero attached hydrogens (tertiary/aromatic N) is 2. The van der Waals surface area contributed by atoms with Crippen LogP contribution in [0.2, 0.25) is 0 Å². The van der Waals surface area contributed by atoms with Gasteiger partial charge in [0.05, 0.1) is 22.7 Å². The van der Waals surface area contributed by atoms with Crippen LogP contribution in [-0.2, 0) is 4.79 Å². The van der Waals surface area contributed by atoms with Crippen molar-refractivity contribution >= 4 is 45.0 Å². The first-order valence-electron chi connectivity index (χ1n) is 10.2. The van der Waals surface area contributed by atoms with E-state index in [2.05, 4.69) is 10.3 Å². The molecule has 0 saturated heterocycles. The van der Waals surface area contributed by atoms with Gasteiger partial charge in [0.2, 0.25) is 0 Å². The zero-order chi connectivity index (χ0) is 22.8. The fourth-order valence-corrected chi connectivity index (χ4v) is 4.51. The average Bonchev–Trinajstić information content (AvgIpc) is 3.34. The van der Waals surface area contributed by atoms with E-state index in [-0.39, 0.29) is 18.1 Å². The third-order valence-electron chi connectivity index (χ3n) is 5.05. The fourth-order valence-electron chi connectivity index (χ4n) is 3.52. The van der Waals surface area contributed by atoms with Crippen LogP contribution in [-0.4, -0.2) is 29.0 Å². The molecule has 0 fully saturated rings. The van der Waals surface area contributed by atoms with Crippen molar-refractivity contribution in [3.63, 3.8) is 0 Å². The van der Waals surface area contributed by atoms with Gasteiger partial charge in [0.1, 0.15) is 0 Å². The molecule has 0 atom stereocenters. The van der Waals surface area contributed by atoms with E-state index in [0.29, 0.717) is 26.7 Å². The molecular weight excluding hydrogens is 438 g/mol. The molecule has 5 aromatic rings. The van der Waals surface area contributed by atoms with Gasteiger partial charge in [-0.25, -0.2) is 9.38 Å². The second kappa shape index (κ2) is 8.76. The molecule has 0 radical (unpaired) electrons. The maximum absolute atomic E-state index is 13.0. The molecule has 33 heavy (non-hydrogen) atoms. The normalized spacial score (nSPS) is 11.7. The van der Waals surface area contributed by atoms with Gasteiger partial charge in [-0.3, -0.25) is 9.59 Å². The first-order valence-corrected chi connectivity index (χ1v) is 11.0. The minimum atomic E-state index is -0.274. The van der Waals surface area contributed by atoms with Crippen molar-refractivity contribution in [3.8, 4) is 11.5 Å². The zero-order valence-corrected chi connectivity index (χ0v) is 18.5. The molecule has 2 aromatic heterocycles. The number of anilines is 1. The van der Waals surface area contributed by atoms with Crippen LogP contribution in [0.15, 0.2) is 77.6 Å². The van der Waals surface area contributed by atoms with Gasteiger partial charge in [0.15, 0.2) is 23.1 Å². The van der Waals surface area contributed by atoms with Crippen LogP contribution >= 0.6 is 11.3 Å². The van der Waals surface area contributed by atoms with Crippen LogP contribution in [0.4, 0.5) is 5.69 Å². The van der Waals surface area contributed by atoms with E-state index < -0.39 is 0 Å². The number of ether oxygens (including phenoxy) is 2. The number of hydrogen-bond acceptors (Lipinski definition) is 6. The summed E-state index contributed by atoms with van der Waals surface area (Å²) in [6.45, 7) is -0.159. The summed E-state index contributed by atoms with van der Waals surface area (Å²) >= 11 is 1.34. The lowest BCUT2D eigenvalue weighted by Crippen LogP contribution is -2.22. The van der Waals surface area contributed by atoms with Crippen LogP contribution < -0.4 is 24.9 Å². The second-order valence-electron chi connectivity index (χ2n) is 7.25. The number of carbonyl (C=O) groups is 1. The van der Waals surface area contributed by atoms with Crippen LogP contribution in [0.5, 0.6) is 11.5 Å². The molecule has 0 unspecified atom stereocenters. The van der Waals surface area contributed by atoms with Crippen molar-refractivity contribution in [1.82, 2.24) is 9.38 Å². The third kappa shape index (κ3) is 4.16. The van der Waals surface area contributed by atoms with E-state index in [1.165, 1.54) is 18.4 Å². The highest BCUT2D eigenvalue weighted by Gasteiger charge is 2.12. The molecular formula is C25H19N3O4S. The summed E-state index contributed by atoms with van der Waals surface area (Å²) in [7, 11) is 1.53. The maximum Gasteiger partial charge on any atom is 0.274 e. The van der Waals surface area contributed by atoms with E-state index in [4.69, 9.17) is 9.47 Å². The molecule has 164 valence electrons. The number of methoxy groups -OCH3 is 1. The lowest BCUT2D eigenvalue weighted by atomic mass is 10.2. The average molecular weight is 458 g/mol. The van der Waals surface area contributed by atoms with Gasteiger partial charge in [0.25, 0.3) is 11.5 Å². The van der Waals surface area contributed by atoms with Crippen molar-refractivity contribution in [2.75, 3.05) is 19.0 Å². The molecule has 0 spiro atoms. The number of thiazole rings is 1. The van der Waals surface area contributed by atoms with Crippen molar-refractivity contribution in [2.24, 2.45) is 0 Å². The number of hydrogen-bond donors (Lipinski definition) is 1. The lowest BCUT2D eigenvalue weighted by Gasteiger charge is -2.11. The third-order valence-corrected chi connectivity index (χ3v) is 6.02. The van der Waals surface area contributed by atoms with E-state index in [1.54, 1.807) is 34.7 Å². The largest absolute Gasteiger partial charge is 0.493 e. The molecule has 3 aromatic carbocycles. The predicted molar refractivity (Wildman–Crippen MR) is 129 cm³/mol. The van der Waals surface area contributed by atoms with E-state index >= 15 is 0 Å². The van der Waals surface area contributed by atoms with Gasteiger partial charge >= 0.3 is 0 Å². The van der Waals surface area contributed by atoms with Crippen molar-refractivity contribution in [2.45, 2.75) is 0 Å². The highest BCUT2D eigenvalue weighted by atomic mass is 32.1. The fraction of sp³-hybridized carbons (Fsp3) is 0.0800. The monoisotopic (exact) mass is 457 g/mol. The molecule has 0 aliphatic heterocycles. The number of rotatable bonds is 6. The number of carbonyl (C=O) groups excluding carboxylic acids is 1. The predicted octanol–water partition coefficient (Wildman–Crippen LogP) is 3.48. The zero-order valence-electron chi connectivity index (χ0n) is 17.6. The summed E-state index contributed by atoms with van der Waals surface area (Å²) in [4.78, 5) is 30.3. The van der Waals surface area contributed by atoms with E-state index in [0.717, 1.165) is 16.6 Å². The number of imidazole rings is 1. The smallest absolute Gasteiger partial charge is 0.274 e. The van der Waals surface area contributed by atoms with Gasteiger partial charge in [-0.1, -0.05) is 47.7 Å². The van der Waals surface area contributed by atoms with Crippen molar-refractivity contribution < 1.29 is 14.3 Å². The summed E-state index contributed by atoms with van der Waals surface area (Å²) < 4.78 is 13.3. The first kappa shape index (κ1) is 20.7. The Morgan fingerprint density at radius 2 is 1.85 bits per heavy atom. The Morgan fingerprint density at radius 3 is 2.67 bits per heavy atom. The summed E-state index contributed by atoms with van der Waals surface area (Å²) in [5.41, 5.74) is 2.96. The van der Waals surface area contributed by atoms with E-state index in [9.17, 15) is 9.59 Å². The number of para-hydroxylation sites is 3. The first-order chi connectivity index (χ1) is 16.1. The number of amides is 1. The highest BCUT2D eigenvalue weighted by Crippen LogP contribution is 2.28. The van der Waals surface area contributed by atoms with Crippen LogP contribution in [0.25, 0.3) is 22.1 Å². The minimum absolute atomic E-state index is 0.111. The molecule has 2 heterocycles. The van der Waals surface area contributed by atoms with Crippen molar-refractivity contribution in [3.05, 3.63) is 93.2 Å². The highest BCUT2D eigenvalue weighted by molar-refractivity contribution is 7.15. The van der Waals surface area contributed by atoms with Gasteiger partial charge in [-0.15, -0.1) is 0 Å². The minimum Gasteiger partial charge on any atom is -0.493 e. The lowest BCUT2D eigenvalue weighted by molar-refractivity contribution is -0.118. The number of fused-ring (bicyclic) bond motifs is 3. The standard InChI is InChI=1S/C25H19N3O4S/c1-31-21-13-16(11-12-20(21)32-15-23(29)26-17-7-3-2-4-8-17)14-22-24(30)28-19-10-6-5-9-18(19)27-25(28)33-22/h2-14H,15H2,1H3,(H,26,29)/b22-14-. The Morgan fingerprint density at radius 1 is 1.06 bits per heavy atom. The molecule has 7 nitrogen and oxygen atoms in total. The topological polar surface area (TPSA) is 81.9 Å². The molecule has 0 aliphatic carbocycles. The molecule has 0 bridgehead atoms. The van der Waals surface area contributed by atoms with Crippen molar-refractivity contribution in [1.29, 1.82) is 0 Å². The Hall–Kier alpha value is -4.17. The Bertz CT molecular complexity index is 1570. The molecule has 0 aliphatic rings. The van der Waals surface area contributed by atoms with E-state index in [1.807, 2.05) is 48.5 Å². The van der Waals surface area contributed by atoms with Crippen LogP contribution in [0.1, 0.15) is 5.56 Å². The maximum atomic E-state index is 13.0. The number of aromatic nitrogens is 2. The Labute approximate surface area is 192 Å². The molecule has 8 heteroatoms. The summed E-state index contributed by atoms with van der Waals surface area (Å²) in [5, 5.41) is 2.77. The molecule has 1 N–H and O–H groups in total. The molecule has 1 amide bonds. The summed E-state index contributed by atoms with van der Waals surface area (Å²) in [6.07, 6.45) is 1.80. The molecule has 0 saturated carbocycles. The van der Waals surface area contributed by atoms with Gasteiger partial charge in [0, 0.05) is 5.69 Å². The molecule has 5 rings (SSSR count). The SMILES string of the molecule is COc1cc(/C=c2\sc3nc4ccccc4n3c2=O)ccc1OCC(=O)Nc1ccccc1. The van der Waals surface area contributed by atoms with Crippen LogP contribution in [0.3, 0.4) is 0 Å². The Balaban J connectivity index is 1.38. The summed E-state index contributed by atoms with van der Waals surface area (Å²) in [6, 6.07) is 22.0. The summed E-state index contributed by atoms with van der Waals surface area (Å²) in [5.74, 6) is 0.631. The van der Waals surface area contributed by atoms with Crippen LogP contribution in [0, 0.1) is 0 Å². The van der Waals surface area contributed by atoms with Gasteiger partial charge in [-0.2, -0.15) is 0 Å². The number of benzene rings is 3. The number of nitrogens with one attached hydrogen (secondary N) is 1. The van der Waals surface area contributed by atoms with Gasteiger partial charge in [-0.05, 0) is 48.0 Å². The second-order valence-corrected chi connectivity index (χ2v) is 8.26. The Kier molecular flexibility index (Phi) is 5.50.